The summed E-state index contributed by atoms with van der Waals surface area (Å²) in [5.74, 6) is 0. The lowest BCUT2D eigenvalue weighted by Gasteiger charge is -2.30. The minimum Gasteiger partial charge on any atom is -0.383 e. The molecular formula is C24H35N5O2S. The lowest BCUT2D eigenvalue weighted by atomic mass is 9.96. The predicted molar refractivity (Wildman–Crippen MR) is 130 cm³/mol. The van der Waals surface area contributed by atoms with E-state index in [1.165, 1.54) is 17.0 Å². The van der Waals surface area contributed by atoms with Crippen LogP contribution in [0.5, 0.6) is 0 Å². The van der Waals surface area contributed by atoms with Crippen molar-refractivity contribution in [3.63, 3.8) is 0 Å². The molecule has 0 aliphatic carbocycles. The van der Waals surface area contributed by atoms with Crippen molar-refractivity contribution in [2.45, 2.75) is 38.9 Å². The van der Waals surface area contributed by atoms with Crippen LogP contribution in [0.1, 0.15) is 41.1 Å². The average Bonchev–Trinajstić information content (AvgIpc) is 3.29. The van der Waals surface area contributed by atoms with E-state index in [-0.39, 0.29) is 12.1 Å². The molecule has 174 valence electrons. The van der Waals surface area contributed by atoms with Crippen molar-refractivity contribution in [2.75, 3.05) is 53.1 Å². The number of hydrogen-bond donors (Lipinski definition) is 1. The van der Waals surface area contributed by atoms with Gasteiger partial charge in [0.05, 0.1) is 37.6 Å². The van der Waals surface area contributed by atoms with Gasteiger partial charge in [-0.15, -0.1) is 0 Å². The first-order valence-electron chi connectivity index (χ1n) is 11.5. The number of morpholine rings is 1. The molecule has 2 aromatic heterocycles. The van der Waals surface area contributed by atoms with E-state index < -0.39 is 0 Å². The fourth-order valence-corrected chi connectivity index (χ4v) is 5.26. The van der Waals surface area contributed by atoms with Gasteiger partial charge in [-0.25, -0.2) is 0 Å². The van der Waals surface area contributed by atoms with E-state index in [0.717, 1.165) is 63.2 Å². The number of aryl methyl sites for hydroxylation is 1. The van der Waals surface area contributed by atoms with E-state index >= 15 is 0 Å². The van der Waals surface area contributed by atoms with Crippen LogP contribution in [-0.4, -0.2) is 77.6 Å². The molecule has 0 saturated carbocycles. The number of nitrogens with zero attached hydrogens (tertiary/aromatic N) is 4. The molecule has 4 heterocycles. The second-order valence-corrected chi connectivity index (χ2v) is 8.99. The Labute approximate surface area is 196 Å². The van der Waals surface area contributed by atoms with Crippen molar-refractivity contribution in [3.05, 3.63) is 53.1 Å². The summed E-state index contributed by atoms with van der Waals surface area (Å²) >= 11 is 5.84. The number of pyridine rings is 1. The molecule has 0 aromatic carbocycles. The first-order chi connectivity index (χ1) is 15.6. The number of ether oxygens (including phenoxy) is 2. The molecule has 7 nitrogen and oxygen atoms in total. The number of thiocarbonyl (C=S) groups is 1. The van der Waals surface area contributed by atoms with Crippen LogP contribution in [-0.2, 0) is 16.0 Å². The molecule has 2 aromatic rings. The van der Waals surface area contributed by atoms with E-state index in [9.17, 15) is 0 Å². The maximum atomic E-state index is 5.84. The van der Waals surface area contributed by atoms with Gasteiger partial charge in [0, 0.05) is 57.4 Å². The quantitative estimate of drug-likeness (QED) is 0.581. The Morgan fingerprint density at radius 3 is 2.72 bits per heavy atom. The van der Waals surface area contributed by atoms with Gasteiger partial charge in [-0.1, -0.05) is 6.07 Å². The Morgan fingerprint density at radius 1 is 1.19 bits per heavy atom. The van der Waals surface area contributed by atoms with Crippen molar-refractivity contribution < 1.29 is 9.47 Å². The smallest absolute Gasteiger partial charge is 0.170 e. The van der Waals surface area contributed by atoms with E-state index in [0.29, 0.717) is 6.61 Å². The van der Waals surface area contributed by atoms with Crippen molar-refractivity contribution in [1.29, 1.82) is 0 Å². The van der Waals surface area contributed by atoms with Gasteiger partial charge in [0.1, 0.15) is 0 Å². The van der Waals surface area contributed by atoms with Crippen LogP contribution in [0.15, 0.2) is 30.5 Å². The second-order valence-electron chi connectivity index (χ2n) is 8.60. The minimum atomic E-state index is 0.0310. The molecule has 0 amide bonds. The third-order valence-corrected chi connectivity index (χ3v) is 6.98. The molecule has 0 radical (unpaired) electrons. The normalized spacial score (nSPS) is 21.8. The van der Waals surface area contributed by atoms with Gasteiger partial charge in [0.2, 0.25) is 0 Å². The Hall–Kier alpha value is -2.00. The summed E-state index contributed by atoms with van der Waals surface area (Å²) in [7, 11) is 1.75. The van der Waals surface area contributed by atoms with Crippen molar-refractivity contribution >= 4 is 17.3 Å². The van der Waals surface area contributed by atoms with Gasteiger partial charge in [-0.3, -0.25) is 9.88 Å². The Kier molecular flexibility index (Phi) is 7.78. The molecule has 2 aliphatic heterocycles. The molecule has 8 heteroatoms. The molecule has 2 atom stereocenters. The van der Waals surface area contributed by atoms with Gasteiger partial charge in [0.25, 0.3) is 0 Å². The maximum Gasteiger partial charge on any atom is 0.170 e. The molecule has 2 aliphatic rings. The first kappa shape index (κ1) is 23.2. The number of methoxy groups -OCH3 is 1. The highest BCUT2D eigenvalue weighted by Crippen LogP contribution is 2.40. The van der Waals surface area contributed by atoms with Crippen LogP contribution in [0.3, 0.4) is 0 Å². The fourth-order valence-electron chi connectivity index (χ4n) is 4.93. The monoisotopic (exact) mass is 457 g/mol. The predicted octanol–water partition coefficient (Wildman–Crippen LogP) is 2.84. The standard InChI is InChI=1S/C24H35N5O2S/c1-18-17-20(19(2)28(18)13-14-30-3)23-22(21-7-4-5-8-25-21)26-24(32)29(23)10-6-9-27-11-15-31-16-12-27/h4-5,7-8,17,22-23H,6,9-16H2,1-3H3,(H,26,32)/t22-,23-/m0/s1. The highest BCUT2D eigenvalue weighted by Gasteiger charge is 2.41. The summed E-state index contributed by atoms with van der Waals surface area (Å²) < 4.78 is 13.2. The van der Waals surface area contributed by atoms with E-state index in [2.05, 4.69) is 50.6 Å². The third kappa shape index (κ3) is 4.98. The molecule has 0 spiro atoms. The SMILES string of the molecule is COCCn1c(C)cc([C@H]2[C@H](c3ccccn3)NC(=S)N2CCCN2CCOCC2)c1C. The number of hydrogen-bond acceptors (Lipinski definition) is 5. The zero-order valence-corrected chi connectivity index (χ0v) is 20.2. The van der Waals surface area contributed by atoms with Crippen LogP contribution in [0.2, 0.25) is 0 Å². The molecular weight excluding hydrogens is 422 g/mol. The summed E-state index contributed by atoms with van der Waals surface area (Å²) in [6, 6.07) is 8.56. The lowest BCUT2D eigenvalue weighted by Crippen LogP contribution is -2.39. The maximum absolute atomic E-state index is 5.84. The summed E-state index contributed by atoms with van der Waals surface area (Å²) in [6.07, 6.45) is 2.93. The Morgan fingerprint density at radius 2 is 2.00 bits per heavy atom. The summed E-state index contributed by atoms with van der Waals surface area (Å²) in [6.45, 7) is 11.6. The molecule has 0 bridgehead atoms. The van der Waals surface area contributed by atoms with E-state index in [4.69, 9.17) is 21.7 Å². The number of rotatable bonds is 9. The molecule has 2 fully saturated rings. The molecule has 2 saturated heterocycles. The van der Waals surface area contributed by atoms with Crippen LogP contribution < -0.4 is 5.32 Å². The number of aromatic nitrogens is 2. The topological polar surface area (TPSA) is 54.8 Å². The van der Waals surface area contributed by atoms with Crippen LogP contribution in [0.4, 0.5) is 0 Å². The van der Waals surface area contributed by atoms with Crippen LogP contribution in [0.25, 0.3) is 0 Å². The number of nitrogens with one attached hydrogen (secondary N) is 1. The highest BCUT2D eigenvalue weighted by atomic mass is 32.1. The van der Waals surface area contributed by atoms with Crippen molar-refractivity contribution in [2.24, 2.45) is 0 Å². The van der Waals surface area contributed by atoms with Gasteiger partial charge in [-0.2, -0.15) is 0 Å². The minimum absolute atomic E-state index is 0.0310. The highest BCUT2D eigenvalue weighted by molar-refractivity contribution is 7.80. The van der Waals surface area contributed by atoms with E-state index in [1.807, 2.05) is 18.3 Å². The zero-order valence-electron chi connectivity index (χ0n) is 19.4. The Balaban J connectivity index is 1.59. The molecule has 0 unspecified atom stereocenters. The lowest BCUT2D eigenvalue weighted by molar-refractivity contribution is 0.0365. The Bertz CT molecular complexity index is 897. The van der Waals surface area contributed by atoms with Gasteiger partial charge >= 0.3 is 0 Å². The molecule has 32 heavy (non-hydrogen) atoms. The van der Waals surface area contributed by atoms with Crippen molar-refractivity contribution in [3.8, 4) is 0 Å². The molecule has 4 rings (SSSR count). The van der Waals surface area contributed by atoms with Gasteiger partial charge in [0.15, 0.2) is 5.11 Å². The average molecular weight is 458 g/mol. The van der Waals surface area contributed by atoms with Crippen LogP contribution >= 0.6 is 12.2 Å². The summed E-state index contributed by atoms with van der Waals surface area (Å²) in [5.41, 5.74) is 4.86. The van der Waals surface area contributed by atoms with E-state index in [1.54, 1.807) is 7.11 Å². The summed E-state index contributed by atoms with van der Waals surface area (Å²) in [4.78, 5) is 9.53. The summed E-state index contributed by atoms with van der Waals surface area (Å²) in [5, 5.41) is 4.40. The van der Waals surface area contributed by atoms with Gasteiger partial charge < -0.3 is 24.3 Å². The fraction of sp³-hybridized carbons (Fsp3) is 0.583. The van der Waals surface area contributed by atoms with Crippen molar-refractivity contribution in [1.82, 2.24) is 24.7 Å². The zero-order chi connectivity index (χ0) is 22.5. The van der Waals surface area contributed by atoms with Gasteiger partial charge in [-0.05, 0) is 56.2 Å². The third-order valence-electron chi connectivity index (χ3n) is 6.63. The second kappa shape index (κ2) is 10.7. The molecule has 1 N–H and O–H groups in total. The first-order valence-corrected chi connectivity index (χ1v) is 11.9. The largest absolute Gasteiger partial charge is 0.383 e. The van der Waals surface area contributed by atoms with Crippen LogP contribution in [0, 0.1) is 13.8 Å².